The van der Waals surface area contributed by atoms with Crippen LogP contribution in [0, 0.1) is 0 Å². The number of hydrogen-bond donors (Lipinski definition) is 2. The van der Waals surface area contributed by atoms with E-state index in [4.69, 9.17) is 0 Å². The third-order valence-corrected chi connectivity index (χ3v) is 4.20. The predicted molar refractivity (Wildman–Crippen MR) is 80.0 cm³/mol. The number of nitrogens with zero attached hydrogens (tertiary/aromatic N) is 1. The number of guanidine groups is 1. The molecule has 17 heavy (non-hydrogen) atoms. The Kier molecular flexibility index (Phi) is 6.58. The van der Waals surface area contributed by atoms with Crippen molar-refractivity contribution >= 4 is 33.2 Å². The molecule has 1 aromatic heterocycles. The summed E-state index contributed by atoms with van der Waals surface area (Å²) >= 11 is 5.25. The fourth-order valence-electron chi connectivity index (χ4n) is 1.32. The minimum Gasteiger partial charge on any atom is -0.356 e. The molecule has 2 N–H and O–H groups in total. The monoisotopic (exact) mass is 317 g/mol. The summed E-state index contributed by atoms with van der Waals surface area (Å²) in [4.78, 5) is 5.58. The molecular formula is C12H20BrN3S. The molecule has 0 amide bonds. The van der Waals surface area contributed by atoms with Crippen molar-refractivity contribution in [3.05, 3.63) is 20.8 Å². The number of rotatable bonds is 5. The summed E-state index contributed by atoms with van der Waals surface area (Å²) in [5, 5.41) is 6.66. The van der Waals surface area contributed by atoms with E-state index in [0.717, 1.165) is 25.3 Å². The van der Waals surface area contributed by atoms with Crippen LogP contribution in [-0.2, 0) is 6.42 Å². The van der Waals surface area contributed by atoms with E-state index in [1.54, 1.807) is 18.4 Å². The van der Waals surface area contributed by atoms with Crippen LogP contribution < -0.4 is 10.6 Å². The van der Waals surface area contributed by atoms with E-state index < -0.39 is 0 Å². The number of hydrogen-bond acceptors (Lipinski definition) is 2. The van der Waals surface area contributed by atoms with Crippen LogP contribution in [-0.4, -0.2) is 25.6 Å². The summed E-state index contributed by atoms with van der Waals surface area (Å²) in [6.07, 6.45) is 2.12. The summed E-state index contributed by atoms with van der Waals surface area (Å²) in [5.41, 5.74) is 0. The first-order valence-electron chi connectivity index (χ1n) is 5.87. The molecule has 0 saturated heterocycles. The first kappa shape index (κ1) is 14.5. The third-order valence-electron chi connectivity index (χ3n) is 2.51. The molecule has 0 saturated carbocycles. The highest BCUT2D eigenvalue weighted by Gasteiger charge is 2.02. The fourth-order valence-corrected chi connectivity index (χ4v) is 2.80. The van der Waals surface area contributed by atoms with Crippen molar-refractivity contribution in [3.63, 3.8) is 0 Å². The predicted octanol–water partition coefficient (Wildman–Crippen LogP) is 3.02. The molecule has 0 radical (unpaired) electrons. The van der Waals surface area contributed by atoms with Gasteiger partial charge >= 0.3 is 0 Å². The van der Waals surface area contributed by atoms with Gasteiger partial charge in [-0.05, 0) is 47.8 Å². The first-order valence-corrected chi connectivity index (χ1v) is 7.48. The maximum Gasteiger partial charge on any atom is 0.191 e. The minimum absolute atomic E-state index is 0.456. The van der Waals surface area contributed by atoms with Crippen LogP contribution in [0.5, 0.6) is 0 Å². The van der Waals surface area contributed by atoms with Gasteiger partial charge in [0.25, 0.3) is 0 Å². The van der Waals surface area contributed by atoms with E-state index >= 15 is 0 Å². The van der Waals surface area contributed by atoms with Crippen molar-refractivity contribution in [2.24, 2.45) is 4.99 Å². The highest BCUT2D eigenvalue weighted by Crippen LogP contribution is 2.21. The average molecular weight is 318 g/mol. The Bertz CT molecular complexity index is 362. The van der Waals surface area contributed by atoms with Gasteiger partial charge in [0.2, 0.25) is 0 Å². The maximum atomic E-state index is 4.20. The second kappa shape index (κ2) is 7.71. The van der Waals surface area contributed by atoms with E-state index in [0.29, 0.717) is 6.04 Å². The molecule has 0 spiro atoms. The van der Waals surface area contributed by atoms with Gasteiger partial charge in [-0.1, -0.05) is 6.92 Å². The maximum absolute atomic E-state index is 4.20. The van der Waals surface area contributed by atoms with Gasteiger partial charge in [-0.25, -0.2) is 0 Å². The van der Waals surface area contributed by atoms with Crippen LogP contribution in [0.15, 0.2) is 20.9 Å². The van der Waals surface area contributed by atoms with Crippen LogP contribution in [0.1, 0.15) is 25.1 Å². The molecule has 3 nitrogen and oxygen atoms in total. The Morgan fingerprint density at radius 1 is 1.53 bits per heavy atom. The zero-order valence-corrected chi connectivity index (χ0v) is 13.0. The number of nitrogens with one attached hydrogen (secondary N) is 2. The quantitative estimate of drug-likeness (QED) is 0.647. The van der Waals surface area contributed by atoms with Crippen molar-refractivity contribution < 1.29 is 0 Å². The Hall–Kier alpha value is -0.550. The standard InChI is InChI=1S/C12H20BrN3S/c1-4-9(2)16-12(14-3)15-8-7-10-5-6-11(13)17-10/h5-6,9H,4,7-8H2,1-3H3,(H2,14,15,16). The number of thiophene rings is 1. The summed E-state index contributed by atoms with van der Waals surface area (Å²) in [6, 6.07) is 4.70. The lowest BCUT2D eigenvalue weighted by molar-refractivity contribution is 0.624. The fraction of sp³-hybridized carbons (Fsp3) is 0.583. The third kappa shape index (κ3) is 5.55. The molecule has 96 valence electrons. The molecule has 1 atom stereocenters. The summed E-state index contributed by atoms with van der Waals surface area (Å²) in [6.45, 7) is 5.22. The molecule has 1 unspecified atom stereocenters. The van der Waals surface area contributed by atoms with Crippen LogP contribution in [0.25, 0.3) is 0 Å². The van der Waals surface area contributed by atoms with Gasteiger partial charge in [0.15, 0.2) is 5.96 Å². The normalized spacial score (nSPS) is 13.5. The molecule has 0 aliphatic rings. The van der Waals surface area contributed by atoms with E-state index in [-0.39, 0.29) is 0 Å². The number of halogens is 1. The van der Waals surface area contributed by atoms with Crippen molar-refractivity contribution in [3.8, 4) is 0 Å². The van der Waals surface area contributed by atoms with Crippen molar-refractivity contribution in [1.82, 2.24) is 10.6 Å². The Morgan fingerprint density at radius 2 is 2.29 bits per heavy atom. The van der Waals surface area contributed by atoms with Crippen LogP contribution >= 0.6 is 27.3 Å². The lowest BCUT2D eigenvalue weighted by Gasteiger charge is -2.16. The van der Waals surface area contributed by atoms with Gasteiger partial charge in [0, 0.05) is 24.5 Å². The zero-order valence-electron chi connectivity index (χ0n) is 10.6. The molecule has 0 aliphatic carbocycles. The smallest absolute Gasteiger partial charge is 0.191 e. The Labute approximate surface area is 116 Å². The molecular weight excluding hydrogens is 298 g/mol. The highest BCUT2D eigenvalue weighted by atomic mass is 79.9. The second-order valence-corrected chi connectivity index (χ2v) is 6.46. The van der Waals surface area contributed by atoms with Crippen LogP contribution in [0.2, 0.25) is 0 Å². The SMILES string of the molecule is CCC(C)NC(=NC)NCCc1ccc(Br)s1. The van der Waals surface area contributed by atoms with Crippen LogP contribution in [0.3, 0.4) is 0 Å². The van der Waals surface area contributed by atoms with Crippen molar-refractivity contribution in [2.75, 3.05) is 13.6 Å². The van der Waals surface area contributed by atoms with Gasteiger partial charge in [0.1, 0.15) is 0 Å². The average Bonchev–Trinajstić information content (AvgIpc) is 2.73. The highest BCUT2D eigenvalue weighted by molar-refractivity contribution is 9.11. The molecule has 1 aromatic rings. The number of aliphatic imine (C=N–C) groups is 1. The first-order chi connectivity index (χ1) is 8.15. The molecule has 0 aliphatic heterocycles. The summed E-state index contributed by atoms with van der Waals surface area (Å²) in [7, 11) is 1.81. The zero-order chi connectivity index (χ0) is 12.7. The van der Waals surface area contributed by atoms with Crippen LogP contribution in [0.4, 0.5) is 0 Å². The summed E-state index contributed by atoms with van der Waals surface area (Å²) in [5.74, 6) is 0.884. The van der Waals surface area contributed by atoms with Gasteiger partial charge in [0.05, 0.1) is 3.79 Å². The van der Waals surface area contributed by atoms with E-state index in [9.17, 15) is 0 Å². The molecule has 0 bridgehead atoms. The van der Waals surface area contributed by atoms with Gasteiger partial charge in [-0.3, -0.25) is 4.99 Å². The van der Waals surface area contributed by atoms with E-state index in [1.807, 2.05) is 0 Å². The van der Waals surface area contributed by atoms with E-state index in [2.05, 4.69) is 57.5 Å². The lowest BCUT2D eigenvalue weighted by atomic mass is 10.3. The van der Waals surface area contributed by atoms with Crippen molar-refractivity contribution in [2.45, 2.75) is 32.7 Å². The van der Waals surface area contributed by atoms with Gasteiger partial charge in [-0.2, -0.15) is 0 Å². The minimum atomic E-state index is 0.456. The molecule has 1 rings (SSSR count). The Morgan fingerprint density at radius 3 is 2.82 bits per heavy atom. The molecule has 0 aromatic carbocycles. The largest absolute Gasteiger partial charge is 0.356 e. The molecule has 1 heterocycles. The molecule has 5 heteroatoms. The van der Waals surface area contributed by atoms with Crippen molar-refractivity contribution in [1.29, 1.82) is 0 Å². The van der Waals surface area contributed by atoms with Gasteiger partial charge in [-0.15, -0.1) is 11.3 Å². The topological polar surface area (TPSA) is 36.4 Å². The Balaban J connectivity index is 2.29. The van der Waals surface area contributed by atoms with Gasteiger partial charge < -0.3 is 10.6 Å². The second-order valence-electron chi connectivity index (χ2n) is 3.91. The van der Waals surface area contributed by atoms with E-state index in [1.165, 1.54) is 8.66 Å². The molecule has 0 fully saturated rings. The lowest BCUT2D eigenvalue weighted by Crippen LogP contribution is -2.42. The summed E-state index contributed by atoms with van der Waals surface area (Å²) < 4.78 is 1.19.